The van der Waals surface area contributed by atoms with Gasteiger partial charge in [-0.3, -0.25) is 9.80 Å². The van der Waals surface area contributed by atoms with Gasteiger partial charge in [0.1, 0.15) is 0 Å². The predicted molar refractivity (Wildman–Crippen MR) is 73.4 cm³/mol. The molecule has 0 bridgehead atoms. The second-order valence-electron chi connectivity index (χ2n) is 5.75. The van der Waals surface area contributed by atoms with Gasteiger partial charge in [-0.25, -0.2) is 0 Å². The standard InChI is InChI=1S/C14H30N2O/c1-6-15-9-14(5)16(10-13(15)4)7-8-17-11-12(2)3/h12-14H,6-11H2,1-5H3. The molecule has 0 aromatic rings. The molecular formula is C14H30N2O. The largest absolute Gasteiger partial charge is 0.380 e. The van der Waals surface area contributed by atoms with Crippen molar-refractivity contribution in [2.75, 3.05) is 39.4 Å². The highest BCUT2D eigenvalue weighted by Gasteiger charge is 2.27. The van der Waals surface area contributed by atoms with Crippen LogP contribution in [0.4, 0.5) is 0 Å². The van der Waals surface area contributed by atoms with E-state index in [2.05, 4.69) is 44.4 Å². The zero-order chi connectivity index (χ0) is 12.8. The Bertz CT molecular complexity index is 208. The Kier molecular flexibility index (Phi) is 6.45. The van der Waals surface area contributed by atoms with Crippen molar-refractivity contribution in [3.8, 4) is 0 Å². The molecule has 102 valence electrons. The molecule has 3 nitrogen and oxygen atoms in total. The number of hydrogen-bond donors (Lipinski definition) is 0. The van der Waals surface area contributed by atoms with Crippen LogP contribution in [0.25, 0.3) is 0 Å². The summed E-state index contributed by atoms with van der Waals surface area (Å²) in [4.78, 5) is 5.13. The first-order chi connectivity index (χ1) is 8.04. The van der Waals surface area contributed by atoms with Crippen LogP contribution in [0.3, 0.4) is 0 Å². The van der Waals surface area contributed by atoms with E-state index < -0.39 is 0 Å². The van der Waals surface area contributed by atoms with Crippen LogP contribution in [0.2, 0.25) is 0 Å². The van der Waals surface area contributed by atoms with Crippen molar-refractivity contribution in [3.05, 3.63) is 0 Å². The van der Waals surface area contributed by atoms with Gasteiger partial charge in [0, 0.05) is 38.3 Å². The van der Waals surface area contributed by atoms with Crippen LogP contribution < -0.4 is 0 Å². The maximum Gasteiger partial charge on any atom is 0.0593 e. The summed E-state index contributed by atoms with van der Waals surface area (Å²) >= 11 is 0. The van der Waals surface area contributed by atoms with E-state index in [1.54, 1.807) is 0 Å². The molecule has 0 aromatic carbocycles. The third kappa shape index (κ3) is 4.94. The third-order valence-electron chi connectivity index (χ3n) is 3.62. The Morgan fingerprint density at radius 1 is 1.12 bits per heavy atom. The summed E-state index contributed by atoms with van der Waals surface area (Å²) < 4.78 is 5.68. The number of piperazine rings is 1. The van der Waals surface area contributed by atoms with Crippen LogP contribution in [-0.2, 0) is 4.74 Å². The number of rotatable bonds is 6. The van der Waals surface area contributed by atoms with Gasteiger partial charge < -0.3 is 4.74 Å². The molecular weight excluding hydrogens is 212 g/mol. The Balaban J connectivity index is 2.25. The summed E-state index contributed by atoms with van der Waals surface area (Å²) in [6, 6.07) is 1.34. The lowest BCUT2D eigenvalue weighted by atomic mass is 10.1. The number of likely N-dealkylation sites (N-methyl/N-ethyl adjacent to an activating group) is 1. The minimum absolute atomic E-state index is 0.642. The first kappa shape index (κ1) is 14.9. The maximum atomic E-state index is 5.68. The fraction of sp³-hybridized carbons (Fsp3) is 1.00. The SMILES string of the molecule is CCN1CC(C)N(CCOCC(C)C)CC1C. The molecule has 1 heterocycles. The zero-order valence-electron chi connectivity index (χ0n) is 12.3. The molecule has 2 unspecified atom stereocenters. The summed E-state index contributed by atoms with van der Waals surface area (Å²) in [5, 5.41) is 0. The van der Waals surface area contributed by atoms with Gasteiger partial charge in [0.25, 0.3) is 0 Å². The molecule has 1 saturated heterocycles. The van der Waals surface area contributed by atoms with E-state index >= 15 is 0 Å². The van der Waals surface area contributed by atoms with E-state index in [1.807, 2.05) is 0 Å². The van der Waals surface area contributed by atoms with Gasteiger partial charge in [-0.1, -0.05) is 20.8 Å². The molecule has 0 aliphatic carbocycles. The first-order valence-corrected chi connectivity index (χ1v) is 7.10. The van der Waals surface area contributed by atoms with Crippen LogP contribution in [0, 0.1) is 5.92 Å². The fourth-order valence-electron chi connectivity index (χ4n) is 2.52. The summed E-state index contributed by atoms with van der Waals surface area (Å²) in [5.41, 5.74) is 0. The summed E-state index contributed by atoms with van der Waals surface area (Å²) in [5.74, 6) is 0.642. The number of ether oxygens (including phenoxy) is 1. The van der Waals surface area contributed by atoms with Gasteiger partial charge in [0.15, 0.2) is 0 Å². The number of hydrogen-bond acceptors (Lipinski definition) is 3. The van der Waals surface area contributed by atoms with Gasteiger partial charge in [-0.05, 0) is 26.3 Å². The van der Waals surface area contributed by atoms with Crippen molar-refractivity contribution < 1.29 is 4.74 Å². The van der Waals surface area contributed by atoms with E-state index in [0.29, 0.717) is 18.0 Å². The van der Waals surface area contributed by atoms with Gasteiger partial charge in [-0.15, -0.1) is 0 Å². The van der Waals surface area contributed by atoms with Crippen molar-refractivity contribution in [2.45, 2.75) is 46.7 Å². The molecule has 0 amide bonds. The lowest BCUT2D eigenvalue weighted by Gasteiger charge is -2.43. The molecule has 1 rings (SSSR count). The zero-order valence-corrected chi connectivity index (χ0v) is 12.3. The summed E-state index contributed by atoms with van der Waals surface area (Å²) in [6.07, 6.45) is 0. The van der Waals surface area contributed by atoms with Crippen LogP contribution >= 0.6 is 0 Å². The minimum atomic E-state index is 0.642. The van der Waals surface area contributed by atoms with Crippen LogP contribution in [0.15, 0.2) is 0 Å². The highest BCUT2D eigenvalue weighted by Crippen LogP contribution is 2.14. The van der Waals surface area contributed by atoms with E-state index in [-0.39, 0.29) is 0 Å². The van der Waals surface area contributed by atoms with Crippen LogP contribution in [0.5, 0.6) is 0 Å². The van der Waals surface area contributed by atoms with Gasteiger partial charge in [-0.2, -0.15) is 0 Å². The third-order valence-corrected chi connectivity index (χ3v) is 3.62. The fourth-order valence-corrected chi connectivity index (χ4v) is 2.52. The Labute approximate surface area is 107 Å². The minimum Gasteiger partial charge on any atom is -0.380 e. The Hall–Kier alpha value is -0.120. The monoisotopic (exact) mass is 242 g/mol. The normalized spacial score (nSPS) is 27.9. The van der Waals surface area contributed by atoms with Crippen molar-refractivity contribution in [3.63, 3.8) is 0 Å². The second-order valence-corrected chi connectivity index (χ2v) is 5.75. The summed E-state index contributed by atoms with van der Waals surface area (Å²) in [6.45, 7) is 17.7. The van der Waals surface area contributed by atoms with E-state index in [0.717, 1.165) is 19.8 Å². The highest BCUT2D eigenvalue weighted by atomic mass is 16.5. The highest BCUT2D eigenvalue weighted by molar-refractivity contribution is 4.83. The van der Waals surface area contributed by atoms with Crippen molar-refractivity contribution in [1.29, 1.82) is 0 Å². The number of nitrogens with zero attached hydrogens (tertiary/aromatic N) is 2. The predicted octanol–water partition coefficient (Wildman–Crippen LogP) is 2.07. The molecule has 3 heteroatoms. The van der Waals surface area contributed by atoms with Crippen LogP contribution in [0.1, 0.15) is 34.6 Å². The average molecular weight is 242 g/mol. The Morgan fingerprint density at radius 3 is 2.29 bits per heavy atom. The smallest absolute Gasteiger partial charge is 0.0593 e. The second kappa shape index (κ2) is 7.34. The molecule has 1 aliphatic heterocycles. The molecule has 0 N–H and O–H groups in total. The lowest BCUT2D eigenvalue weighted by Crippen LogP contribution is -2.56. The van der Waals surface area contributed by atoms with Gasteiger partial charge >= 0.3 is 0 Å². The molecule has 0 spiro atoms. The summed E-state index contributed by atoms with van der Waals surface area (Å²) in [7, 11) is 0. The first-order valence-electron chi connectivity index (χ1n) is 7.10. The molecule has 0 radical (unpaired) electrons. The molecule has 2 atom stereocenters. The molecule has 1 aliphatic rings. The van der Waals surface area contributed by atoms with Crippen molar-refractivity contribution in [1.82, 2.24) is 9.80 Å². The molecule has 17 heavy (non-hydrogen) atoms. The van der Waals surface area contributed by atoms with Crippen molar-refractivity contribution >= 4 is 0 Å². The quantitative estimate of drug-likeness (QED) is 0.663. The van der Waals surface area contributed by atoms with Gasteiger partial charge in [0.05, 0.1) is 6.61 Å². The van der Waals surface area contributed by atoms with Crippen molar-refractivity contribution in [2.24, 2.45) is 5.92 Å². The topological polar surface area (TPSA) is 15.7 Å². The molecule has 1 fully saturated rings. The molecule has 0 aromatic heterocycles. The van der Waals surface area contributed by atoms with E-state index in [1.165, 1.54) is 19.6 Å². The van der Waals surface area contributed by atoms with E-state index in [9.17, 15) is 0 Å². The molecule has 0 saturated carbocycles. The maximum absolute atomic E-state index is 5.68. The average Bonchev–Trinajstić information content (AvgIpc) is 2.28. The van der Waals surface area contributed by atoms with E-state index in [4.69, 9.17) is 4.74 Å². The van der Waals surface area contributed by atoms with Crippen LogP contribution in [-0.4, -0.2) is 61.3 Å². The Morgan fingerprint density at radius 2 is 1.71 bits per heavy atom. The lowest BCUT2D eigenvalue weighted by molar-refractivity contribution is 0.0179. The van der Waals surface area contributed by atoms with Gasteiger partial charge in [0.2, 0.25) is 0 Å².